The van der Waals surface area contributed by atoms with Gasteiger partial charge < -0.3 is 18.5 Å². The van der Waals surface area contributed by atoms with Gasteiger partial charge in [0, 0.05) is 60.8 Å². The third kappa shape index (κ3) is 6.46. The molecule has 0 N–H and O–H groups in total. The average Bonchev–Trinajstić information content (AvgIpc) is 4.09. The van der Waals surface area contributed by atoms with Crippen LogP contribution in [0.25, 0.3) is 110 Å². The van der Waals surface area contributed by atoms with Crippen molar-refractivity contribution in [3.63, 3.8) is 0 Å². The number of benzene rings is 11. The number of nitrogens with zero attached hydrogens (tertiary/aromatic N) is 3. The van der Waals surface area contributed by atoms with E-state index in [9.17, 15) is 0 Å². The van der Waals surface area contributed by atoms with Gasteiger partial charge >= 0.3 is 0 Å². The predicted molar refractivity (Wildman–Crippen MR) is 293 cm³/mol. The summed E-state index contributed by atoms with van der Waals surface area (Å²) in [5.74, 6) is 0. The molecule has 0 radical (unpaired) electrons. The van der Waals surface area contributed by atoms with Crippen molar-refractivity contribution in [1.29, 1.82) is 0 Å². The van der Waals surface area contributed by atoms with Crippen LogP contribution >= 0.6 is 0 Å². The molecule has 328 valence electrons. The number of hydrogen-bond donors (Lipinski definition) is 0. The number of fused-ring (bicyclic) bond motifs is 9. The van der Waals surface area contributed by atoms with Crippen LogP contribution in [0.15, 0.2) is 265 Å². The first-order chi connectivity index (χ1) is 34.7. The first kappa shape index (κ1) is 39.8. The van der Waals surface area contributed by atoms with Crippen LogP contribution in [0.3, 0.4) is 0 Å². The van der Waals surface area contributed by atoms with E-state index in [2.05, 4.69) is 263 Å². The summed E-state index contributed by atoms with van der Waals surface area (Å²) in [5, 5.41) is 7.11. The van der Waals surface area contributed by atoms with Gasteiger partial charge in [-0.25, -0.2) is 0 Å². The lowest BCUT2D eigenvalue weighted by Crippen LogP contribution is -2.09. The van der Waals surface area contributed by atoms with E-state index >= 15 is 0 Å². The summed E-state index contributed by atoms with van der Waals surface area (Å²) in [4.78, 5) is 2.34. The van der Waals surface area contributed by atoms with Crippen molar-refractivity contribution in [2.24, 2.45) is 0 Å². The van der Waals surface area contributed by atoms with E-state index in [1.807, 2.05) is 12.1 Å². The van der Waals surface area contributed by atoms with E-state index in [4.69, 9.17) is 4.42 Å². The summed E-state index contributed by atoms with van der Waals surface area (Å²) in [5.41, 5.74) is 18.9. The molecule has 14 aromatic rings. The zero-order chi connectivity index (χ0) is 46.1. The van der Waals surface area contributed by atoms with E-state index in [1.54, 1.807) is 0 Å². The van der Waals surface area contributed by atoms with Crippen LogP contribution in [0.4, 0.5) is 17.1 Å². The van der Waals surface area contributed by atoms with Crippen LogP contribution in [-0.4, -0.2) is 9.13 Å². The Hall–Kier alpha value is -9.38. The maximum absolute atomic E-state index is 6.26. The van der Waals surface area contributed by atoms with Crippen LogP contribution in [0, 0.1) is 0 Å². The summed E-state index contributed by atoms with van der Waals surface area (Å²) >= 11 is 0. The second kappa shape index (κ2) is 16.2. The first-order valence-corrected chi connectivity index (χ1v) is 23.9. The molecule has 0 aliphatic rings. The lowest BCUT2D eigenvalue weighted by molar-refractivity contribution is 0.669. The van der Waals surface area contributed by atoms with Gasteiger partial charge in [-0.05, 0) is 155 Å². The molecule has 0 atom stereocenters. The number of rotatable bonds is 8. The molecule has 0 spiro atoms. The monoisotopic (exact) mass is 893 g/mol. The molecule has 70 heavy (non-hydrogen) atoms. The topological polar surface area (TPSA) is 26.2 Å². The van der Waals surface area contributed by atoms with Crippen molar-refractivity contribution in [2.45, 2.75) is 0 Å². The molecule has 3 aromatic heterocycles. The Kier molecular flexibility index (Phi) is 9.17. The van der Waals surface area contributed by atoms with E-state index in [1.165, 1.54) is 38.1 Å². The highest BCUT2D eigenvalue weighted by Crippen LogP contribution is 2.44. The molecule has 14 rings (SSSR count). The molecular weight excluding hydrogens is 851 g/mol. The summed E-state index contributed by atoms with van der Waals surface area (Å²) in [7, 11) is 0. The summed E-state index contributed by atoms with van der Waals surface area (Å²) < 4.78 is 11.1. The van der Waals surface area contributed by atoms with Crippen molar-refractivity contribution < 1.29 is 4.42 Å². The summed E-state index contributed by atoms with van der Waals surface area (Å²) in [6, 6.07) is 94.4. The van der Waals surface area contributed by atoms with Gasteiger partial charge in [-0.3, -0.25) is 0 Å². The second-order valence-corrected chi connectivity index (χ2v) is 18.1. The summed E-state index contributed by atoms with van der Waals surface area (Å²) in [6.45, 7) is 0. The van der Waals surface area contributed by atoms with Crippen LogP contribution in [0.1, 0.15) is 0 Å². The number of para-hydroxylation sites is 6. The highest BCUT2D eigenvalue weighted by atomic mass is 16.3. The Balaban J connectivity index is 0.989. The van der Waals surface area contributed by atoms with Gasteiger partial charge in [0.1, 0.15) is 11.2 Å². The van der Waals surface area contributed by atoms with Crippen molar-refractivity contribution in [1.82, 2.24) is 9.13 Å². The molecule has 0 saturated heterocycles. The molecule has 0 fully saturated rings. The van der Waals surface area contributed by atoms with Crippen molar-refractivity contribution in [2.75, 3.05) is 4.90 Å². The highest BCUT2D eigenvalue weighted by Gasteiger charge is 2.20. The van der Waals surface area contributed by atoms with E-state index in [-0.39, 0.29) is 0 Å². The Bertz CT molecular complexity index is 4260. The fraction of sp³-hybridized carbons (Fsp3) is 0. The maximum Gasteiger partial charge on any atom is 0.135 e. The molecule has 0 saturated carbocycles. The lowest BCUT2D eigenvalue weighted by atomic mass is 9.91. The Morgan fingerprint density at radius 2 is 0.814 bits per heavy atom. The quantitative estimate of drug-likeness (QED) is 0.152. The van der Waals surface area contributed by atoms with Crippen molar-refractivity contribution in [3.05, 3.63) is 261 Å². The third-order valence-electron chi connectivity index (χ3n) is 14.0. The molecule has 0 unspecified atom stereocenters. The van der Waals surface area contributed by atoms with E-state index in [0.717, 1.165) is 89.2 Å². The van der Waals surface area contributed by atoms with E-state index < -0.39 is 0 Å². The number of aromatic nitrogens is 2. The minimum Gasteiger partial charge on any atom is -0.456 e. The molecule has 4 heteroatoms. The minimum absolute atomic E-state index is 0.891. The summed E-state index contributed by atoms with van der Waals surface area (Å²) in [6.07, 6.45) is 0. The van der Waals surface area contributed by atoms with Gasteiger partial charge in [-0.1, -0.05) is 140 Å². The van der Waals surface area contributed by atoms with Crippen LogP contribution in [0.2, 0.25) is 0 Å². The zero-order valence-corrected chi connectivity index (χ0v) is 38.1. The Labute approximate surface area is 404 Å². The zero-order valence-electron chi connectivity index (χ0n) is 38.1. The van der Waals surface area contributed by atoms with E-state index in [0.29, 0.717) is 0 Å². The molecular formula is C66H43N3O. The fourth-order valence-electron chi connectivity index (χ4n) is 10.9. The Morgan fingerprint density at radius 3 is 1.57 bits per heavy atom. The Morgan fingerprint density at radius 1 is 0.271 bits per heavy atom. The van der Waals surface area contributed by atoms with Gasteiger partial charge in [0.25, 0.3) is 0 Å². The number of anilines is 3. The maximum atomic E-state index is 6.26. The SMILES string of the molecule is c1ccc(N(c2ccccc2)c2cccc(-c3cc(-c4ccc5c(c4)c4ccccc4n5-c4ccc5oc6ccccc6c5c4)cc(-c4cccc5c4c4ccccc4n5-c4ccccc4)c3)c2)cc1. The standard InChI is InChI=1S/C66H43N3O/c1-4-19-49(20-5-1)67(50-21-6-2-7-22-50)52-25-16-18-44(41-52)46-38-47(40-48(39-46)54-29-17-32-63-66(54)57-28-11-14-31-61(57)68(63)51-23-8-3-9-24-51)45-34-36-62-58(42-45)55-26-10-13-30-60(55)69(62)53-35-37-65-59(43-53)56-27-12-15-33-64(56)70-65/h1-43H. The van der Waals surface area contributed by atoms with Gasteiger partial charge in [-0.2, -0.15) is 0 Å². The molecule has 0 aliphatic carbocycles. The predicted octanol–water partition coefficient (Wildman–Crippen LogP) is 18.3. The van der Waals surface area contributed by atoms with Crippen LogP contribution in [0.5, 0.6) is 0 Å². The smallest absolute Gasteiger partial charge is 0.135 e. The molecule has 11 aromatic carbocycles. The van der Waals surface area contributed by atoms with Crippen LogP contribution < -0.4 is 4.90 Å². The number of furan rings is 1. The molecule has 0 bridgehead atoms. The largest absolute Gasteiger partial charge is 0.456 e. The molecule has 0 aliphatic heterocycles. The average molecular weight is 894 g/mol. The highest BCUT2D eigenvalue weighted by molar-refractivity contribution is 6.16. The molecule has 0 amide bonds. The first-order valence-electron chi connectivity index (χ1n) is 23.9. The minimum atomic E-state index is 0.891. The lowest BCUT2D eigenvalue weighted by Gasteiger charge is -2.26. The van der Waals surface area contributed by atoms with Crippen LogP contribution in [-0.2, 0) is 0 Å². The van der Waals surface area contributed by atoms with Gasteiger partial charge in [-0.15, -0.1) is 0 Å². The van der Waals surface area contributed by atoms with Crippen molar-refractivity contribution in [3.8, 4) is 44.8 Å². The second-order valence-electron chi connectivity index (χ2n) is 18.1. The fourth-order valence-corrected chi connectivity index (χ4v) is 10.9. The molecule has 4 nitrogen and oxygen atoms in total. The number of hydrogen-bond acceptors (Lipinski definition) is 2. The third-order valence-corrected chi connectivity index (χ3v) is 14.0. The van der Waals surface area contributed by atoms with Gasteiger partial charge in [0.2, 0.25) is 0 Å². The van der Waals surface area contributed by atoms with Crippen molar-refractivity contribution >= 4 is 82.6 Å². The molecule has 3 heterocycles. The normalized spacial score (nSPS) is 11.7. The van der Waals surface area contributed by atoms with Gasteiger partial charge in [0.15, 0.2) is 0 Å². The van der Waals surface area contributed by atoms with Gasteiger partial charge in [0.05, 0.1) is 22.1 Å².